The second-order valence-electron chi connectivity index (χ2n) is 5.27. The first-order chi connectivity index (χ1) is 10.8. The molecule has 1 aromatic heterocycles. The van der Waals surface area contributed by atoms with E-state index in [9.17, 15) is 13.2 Å². The number of rotatable bonds is 8. The van der Waals surface area contributed by atoms with E-state index in [4.69, 9.17) is 0 Å². The molecule has 0 spiro atoms. The Bertz CT molecular complexity index is 489. The van der Waals surface area contributed by atoms with E-state index in [-0.39, 0.29) is 24.0 Å². The van der Waals surface area contributed by atoms with Gasteiger partial charge in [-0.15, -0.1) is 24.0 Å². The Labute approximate surface area is 157 Å². The number of aryl methyl sites for hydroxylation is 1. The predicted octanol–water partition coefficient (Wildman–Crippen LogP) is 1.98. The average Bonchev–Trinajstić information content (AvgIpc) is 2.84. The van der Waals surface area contributed by atoms with Crippen LogP contribution >= 0.6 is 24.0 Å². The van der Waals surface area contributed by atoms with E-state index in [0.717, 1.165) is 5.69 Å². The summed E-state index contributed by atoms with van der Waals surface area (Å²) < 4.78 is 38.4. The molecule has 24 heavy (non-hydrogen) atoms. The fraction of sp³-hybridized carbons (Fsp3) is 0.714. The molecular weight excluding hydrogens is 436 g/mol. The Morgan fingerprint density at radius 3 is 2.62 bits per heavy atom. The van der Waals surface area contributed by atoms with Crippen molar-refractivity contribution in [3.63, 3.8) is 0 Å². The summed E-state index contributed by atoms with van der Waals surface area (Å²) in [5.41, 5.74) is 0.979. The third-order valence-corrected chi connectivity index (χ3v) is 3.12. The normalized spacial score (nSPS) is 12.2. The van der Waals surface area contributed by atoms with Gasteiger partial charge in [0.2, 0.25) is 0 Å². The van der Waals surface area contributed by atoms with Gasteiger partial charge in [0, 0.05) is 26.3 Å². The molecule has 10 heteroatoms. The average molecular weight is 462 g/mol. The molecule has 0 amide bonds. The molecule has 0 aromatic carbocycles. The summed E-state index contributed by atoms with van der Waals surface area (Å²) in [6.07, 6.45) is -1.84. The number of aliphatic imine (C=N–C) groups is 1. The lowest BCUT2D eigenvalue weighted by atomic mass is 10.4. The minimum atomic E-state index is -4.15. The highest BCUT2D eigenvalue weighted by molar-refractivity contribution is 14.0. The smallest absolute Gasteiger partial charge is 0.357 e. The van der Waals surface area contributed by atoms with Gasteiger partial charge in [0.25, 0.3) is 0 Å². The lowest BCUT2D eigenvalue weighted by Crippen LogP contribution is -2.39. The van der Waals surface area contributed by atoms with E-state index < -0.39 is 12.7 Å². The molecule has 0 aliphatic rings. The van der Waals surface area contributed by atoms with Crippen molar-refractivity contribution < 1.29 is 13.2 Å². The lowest BCUT2D eigenvalue weighted by Gasteiger charge is -2.18. The zero-order valence-electron chi connectivity index (χ0n) is 14.2. The zero-order chi connectivity index (χ0) is 17.3. The van der Waals surface area contributed by atoms with E-state index in [1.807, 2.05) is 20.0 Å². The summed E-state index contributed by atoms with van der Waals surface area (Å²) in [6, 6.07) is 1.89. The minimum absolute atomic E-state index is 0. The van der Waals surface area contributed by atoms with E-state index in [1.165, 1.54) is 11.9 Å². The number of nitrogens with zero attached hydrogens (tertiary/aromatic N) is 4. The van der Waals surface area contributed by atoms with Crippen molar-refractivity contribution >= 4 is 29.9 Å². The monoisotopic (exact) mass is 462 g/mol. The Kier molecular flexibility index (Phi) is 11.0. The van der Waals surface area contributed by atoms with Crippen molar-refractivity contribution in [2.24, 2.45) is 12.0 Å². The number of hydrogen-bond donors (Lipinski definition) is 2. The van der Waals surface area contributed by atoms with E-state index in [2.05, 4.69) is 20.7 Å². The molecule has 2 N–H and O–H groups in total. The molecule has 1 aromatic rings. The molecule has 1 rings (SSSR count). The molecule has 0 aliphatic carbocycles. The minimum Gasteiger partial charge on any atom is -0.357 e. The quantitative estimate of drug-likeness (QED) is 0.269. The first-order valence-corrected chi connectivity index (χ1v) is 7.56. The van der Waals surface area contributed by atoms with Gasteiger partial charge in [-0.05, 0) is 33.0 Å². The van der Waals surface area contributed by atoms with Gasteiger partial charge in [0.1, 0.15) is 0 Å². The Hall–Kier alpha value is -1.04. The summed E-state index contributed by atoms with van der Waals surface area (Å²) in [7, 11) is 3.32. The van der Waals surface area contributed by atoms with Crippen molar-refractivity contribution in [3.05, 3.63) is 18.0 Å². The van der Waals surface area contributed by atoms with Crippen molar-refractivity contribution in [1.82, 2.24) is 25.3 Å². The fourth-order valence-electron chi connectivity index (χ4n) is 2.00. The van der Waals surface area contributed by atoms with Crippen LogP contribution in [0, 0.1) is 0 Å². The summed E-state index contributed by atoms with van der Waals surface area (Å²) >= 11 is 0. The van der Waals surface area contributed by atoms with Gasteiger partial charge in [-0.2, -0.15) is 18.3 Å². The molecule has 1 heterocycles. The van der Waals surface area contributed by atoms with Gasteiger partial charge in [-0.1, -0.05) is 0 Å². The molecule has 0 radical (unpaired) electrons. The van der Waals surface area contributed by atoms with Crippen LogP contribution in [0.3, 0.4) is 0 Å². The number of halogens is 4. The predicted molar refractivity (Wildman–Crippen MR) is 99.6 cm³/mol. The third kappa shape index (κ3) is 9.96. The number of aromatic nitrogens is 2. The van der Waals surface area contributed by atoms with Crippen molar-refractivity contribution in [2.45, 2.75) is 26.1 Å². The summed E-state index contributed by atoms with van der Waals surface area (Å²) in [5.74, 6) is 0.646. The summed E-state index contributed by atoms with van der Waals surface area (Å²) in [4.78, 5) is 5.70. The molecule has 0 fully saturated rings. The van der Waals surface area contributed by atoms with E-state index >= 15 is 0 Å². The number of hydrogen-bond acceptors (Lipinski definition) is 3. The Morgan fingerprint density at radius 2 is 2.08 bits per heavy atom. The molecule has 0 saturated heterocycles. The number of guanidine groups is 1. The molecular formula is C14H26F3IN6. The molecule has 0 saturated carbocycles. The second-order valence-corrected chi connectivity index (χ2v) is 5.27. The van der Waals surface area contributed by atoms with Crippen molar-refractivity contribution in [2.75, 3.05) is 33.2 Å². The Balaban J connectivity index is 0.00000529. The molecule has 0 bridgehead atoms. The maximum atomic E-state index is 12.2. The first-order valence-electron chi connectivity index (χ1n) is 7.56. The van der Waals surface area contributed by atoms with Gasteiger partial charge in [-0.25, -0.2) is 4.99 Å². The van der Waals surface area contributed by atoms with Crippen LogP contribution in [0.25, 0.3) is 0 Å². The van der Waals surface area contributed by atoms with Crippen LogP contribution in [0.2, 0.25) is 0 Å². The molecule has 0 unspecified atom stereocenters. The van der Waals surface area contributed by atoms with Crippen molar-refractivity contribution in [3.8, 4) is 0 Å². The van der Waals surface area contributed by atoms with Crippen LogP contribution in [0.15, 0.2) is 17.3 Å². The summed E-state index contributed by atoms with van der Waals surface area (Å²) in [5, 5.41) is 10.3. The zero-order valence-corrected chi connectivity index (χ0v) is 16.6. The highest BCUT2D eigenvalue weighted by Crippen LogP contribution is 2.15. The number of alkyl halides is 3. The van der Waals surface area contributed by atoms with E-state index in [0.29, 0.717) is 38.6 Å². The van der Waals surface area contributed by atoms with Crippen LogP contribution < -0.4 is 10.6 Å². The van der Waals surface area contributed by atoms with Gasteiger partial charge < -0.3 is 10.6 Å². The van der Waals surface area contributed by atoms with Crippen LogP contribution in [0.1, 0.15) is 19.0 Å². The summed E-state index contributed by atoms with van der Waals surface area (Å²) in [6.45, 7) is 3.19. The standard InChI is InChI=1S/C14H25F3N6.HI/c1-4-18-13(20-10-12-6-8-21-23(12)3)19-7-5-9-22(2)11-14(15,16)17;/h6,8H,4-5,7,9-11H2,1-3H3,(H2,18,19,20);1H. The fourth-order valence-corrected chi connectivity index (χ4v) is 2.00. The number of nitrogens with one attached hydrogen (secondary N) is 2. The van der Waals surface area contributed by atoms with Crippen LogP contribution in [0.4, 0.5) is 13.2 Å². The topological polar surface area (TPSA) is 57.5 Å². The van der Waals surface area contributed by atoms with Gasteiger partial charge in [0.15, 0.2) is 5.96 Å². The van der Waals surface area contributed by atoms with Gasteiger partial charge in [-0.3, -0.25) is 9.58 Å². The first kappa shape index (κ1) is 23.0. The maximum absolute atomic E-state index is 12.2. The molecule has 0 atom stereocenters. The lowest BCUT2D eigenvalue weighted by molar-refractivity contribution is -0.143. The highest BCUT2D eigenvalue weighted by atomic mass is 127. The highest BCUT2D eigenvalue weighted by Gasteiger charge is 2.28. The Morgan fingerprint density at radius 1 is 1.38 bits per heavy atom. The van der Waals surface area contributed by atoms with Crippen LogP contribution in [-0.4, -0.2) is 60.0 Å². The second kappa shape index (κ2) is 11.5. The molecule has 6 nitrogen and oxygen atoms in total. The molecule has 140 valence electrons. The van der Waals surface area contributed by atoms with Gasteiger partial charge in [0.05, 0.1) is 18.8 Å². The van der Waals surface area contributed by atoms with Crippen molar-refractivity contribution in [1.29, 1.82) is 0 Å². The van der Waals surface area contributed by atoms with Gasteiger partial charge >= 0.3 is 6.18 Å². The molecule has 0 aliphatic heterocycles. The third-order valence-electron chi connectivity index (χ3n) is 3.12. The van der Waals surface area contributed by atoms with Crippen LogP contribution in [-0.2, 0) is 13.6 Å². The maximum Gasteiger partial charge on any atom is 0.401 e. The van der Waals surface area contributed by atoms with Crippen LogP contribution in [0.5, 0.6) is 0 Å². The largest absolute Gasteiger partial charge is 0.401 e. The SMILES string of the molecule is CCNC(=NCc1ccnn1C)NCCCN(C)CC(F)(F)F.I. The van der Waals surface area contributed by atoms with E-state index in [1.54, 1.807) is 10.9 Å².